The molecule has 0 bridgehead atoms. The third kappa shape index (κ3) is 8.53. The van der Waals surface area contributed by atoms with Crippen LogP contribution in [0.5, 0.6) is 0 Å². The lowest BCUT2D eigenvalue weighted by molar-refractivity contribution is -0.260. The highest BCUT2D eigenvalue weighted by molar-refractivity contribution is 4.79. The number of methoxy groups -OCH3 is 1. The van der Waals surface area contributed by atoms with Crippen LogP contribution >= 0.6 is 0 Å². The standard InChI is InChI=1S/C20H42O2/c1-6-10-12-13-14-15-16-19(9-4)20(21-5,17-11-7-2)22-18-8-3/h19H,6-18H2,1-5H3. The first-order valence-corrected chi connectivity index (χ1v) is 9.89. The minimum Gasteiger partial charge on any atom is -0.353 e. The Morgan fingerprint density at radius 3 is 1.95 bits per heavy atom. The molecule has 0 aliphatic heterocycles. The van der Waals surface area contributed by atoms with Crippen LogP contribution in [0.4, 0.5) is 0 Å². The smallest absolute Gasteiger partial charge is 0.170 e. The van der Waals surface area contributed by atoms with Crippen LogP contribution in [-0.2, 0) is 9.47 Å². The van der Waals surface area contributed by atoms with E-state index in [4.69, 9.17) is 9.47 Å². The SMILES string of the molecule is CCCCCCCCC(CC)C(CCCC)(OC)OCCC. The molecule has 0 saturated heterocycles. The van der Waals surface area contributed by atoms with Gasteiger partial charge in [0.05, 0.1) is 0 Å². The third-order valence-electron chi connectivity index (χ3n) is 4.80. The topological polar surface area (TPSA) is 18.5 Å². The largest absolute Gasteiger partial charge is 0.353 e. The molecule has 0 aliphatic rings. The molecular formula is C20H42O2. The Balaban J connectivity index is 4.46. The Morgan fingerprint density at radius 2 is 1.41 bits per heavy atom. The monoisotopic (exact) mass is 314 g/mol. The number of rotatable bonds is 16. The van der Waals surface area contributed by atoms with E-state index >= 15 is 0 Å². The summed E-state index contributed by atoms with van der Waals surface area (Å²) in [4.78, 5) is 0. The van der Waals surface area contributed by atoms with E-state index in [0.717, 1.165) is 25.9 Å². The summed E-state index contributed by atoms with van der Waals surface area (Å²) in [7, 11) is 1.84. The zero-order chi connectivity index (χ0) is 16.7. The number of ether oxygens (including phenoxy) is 2. The van der Waals surface area contributed by atoms with Crippen molar-refractivity contribution in [2.75, 3.05) is 13.7 Å². The summed E-state index contributed by atoms with van der Waals surface area (Å²) in [6, 6.07) is 0. The molecule has 2 unspecified atom stereocenters. The van der Waals surface area contributed by atoms with E-state index in [1.54, 1.807) is 0 Å². The van der Waals surface area contributed by atoms with Gasteiger partial charge in [0, 0.05) is 26.1 Å². The molecule has 0 aromatic heterocycles. The highest BCUT2D eigenvalue weighted by Gasteiger charge is 2.37. The van der Waals surface area contributed by atoms with Gasteiger partial charge in [-0.05, 0) is 25.7 Å². The van der Waals surface area contributed by atoms with Crippen molar-refractivity contribution in [2.45, 2.75) is 111 Å². The molecule has 0 rings (SSSR count). The highest BCUT2D eigenvalue weighted by Crippen LogP contribution is 2.35. The Bertz CT molecular complexity index is 220. The van der Waals surface area contributed by atoms with Crippen LogP contribution in [0.25, 0.3) is 0 Å². The Kier molecular flexibility index (Phi) is 14.5. The van der Waals surface area contributed by atoms with Crippen molar-refractivity contribution in [1.82, 2.24) is 0 Å². The maximum Gasteiger partial charge on any atom is 0.170 e. The van der Waals surface area contributed by atoms with Crippen molar-refractivity contribution in [3.05, 3.63) is 0 Å². The Labute approximate surface area is 140 Å². The molecule has 0 radical (unpaired) electrons. The number of hydrogen-bond donors (Lipinski definition) is 0. The summed E-state index contributed by atoms with van der Waals surface area (Å²) in [6.07, 6.45) is 15.0. The van der Waals surface area contributed by atoms with Crippen LogP contribution in [0.1, 0.15) is 105 Å². The van der Waals surface area contributed by atoms with Gasteiger partial charge in [-0.15, -0.1) is 0 Å². The molecule has 0 aromatic carbocycles. The maximum absolute atomic E-state index is 6.26. The molecule has 0 amide bonds. The second-order valence-corrected chi connectivity index (χ2v) is 6.63. The number of hydrogen-bond acceptors (Lipinski definition) is 2. The molecule has 0 N–H and O–H groups in total. The molecule has 0 fully saturated rings. The fourth-order valence-corrected chi connectivity index (χ4v) is 3.33. The second kappa shape index (κ2) is 14.5. The lowest BCUT2D eigenvalue weighted by Gasteiger charge is -2.39. The van der Waals surface area contributed by atoms with E-state index in [1.165, 1.54) is 57.8 Å². The highest BCUT2D eigenvalue weighted by atomic mass is 16.7. The molecular weight excluding hydrogens is 272 g/mol. The van der Waals surface area contributed by atoms with E-state index in [0.29, 0.717) is 5.92 Å². The first-order valence-electron chi connectivity index (χ1n) is 9.89. The van der Waals surface area contributed by atoms with Crippen LogP contribution in [0.15, 0.2) is 0 Å². The molecule has 2 heteroatoms. The predicted molar refractivity (Wildman–Crippen MR) is 97.3 cm³/mol. The quantitative estimate of drug-likeness (QED) is 0.232. The molecule has 0 saturated carbocycles. The van der Waals surface area contributed by atoms with E-state index in [1.807, 2.05) is 7.11 Å². The fourth-order valence-electron chi connectivity index (χ4n) is 3.33. The van der Waals surface area contributed by atoms with E-state index in [2.05, 4.69) is 27.7 Å². The molecule has 0 spiro atoms. The van der Waals surface area contributed by atoms with Crippen molar-refractivity contribution < 1.29 is 9.47 Å². The Hall–Kier alpha value is -0.0800. The average molecular weight is 315 g/mol. The van der Waals surface area contributed by atoms with Crippen LogP contribution in [0, 0.1) is 5.92 Å². The first-order chi connectivity index (χ1) is 10.7. The fraction of sp³-hybridized carbons (Fsp3) is 1.00. The van der Waals surface area contributed by atoms with Crippen molar-refractivity contribution in [3.8, 4) is 0 Å². The molecule has 0 heterocycles. The molecule has 0 aromatic rings. The second-order valence-electron chi connectivity index (χ2n) is 6.63. The summed E-state index contributed by atoms with van der Waals surface area (Å²) < 4.78 is 12.2. The molecule has 2 atom stereocenters. The molecule has 134 valence electrons. The average Bonchev–Trinajstić information content (AvgIpc) is 2.55. The third-order valence-corrected chi connectivity index (χ3v) is 4.80. The van der Waals surface area contributed by atoms with E-state index in [9.17, 15) is 0 Å². The van der Waals surface area contributed by atoms with Crippen LogP contribution in [0.2, 0.25) is 0 Å². The summed E-state index contributed by atoms with van der Waals surface area (Å²) in [5, 5.41) is 0. The lowest BCUT2D eigenvalue weighted by atomic mass is 9.86. The van der Waals surface area contributed by atoms with Crippen molar-refractivity contribution >= 4 is 0 Å². The van der Waals surface area contributed by atoms with Gasteiger partial charge in [0.15, 0.2) is 5.79 Å². The van der Waals surface area contributed by atoms with Gasteiger partial charge in [-0.1, -0.05) is 72.6 Å². The van der Waals surface area contributed by atoms with Gasteiger partial charge >= 0.3 is 0 Å². The minimum absolute atomic E-state index is 0.343. The van der Waals surface area contributed by atoms with Crippen molar-refractivity contribution in [2.24, 2.45) is 5.92 Å². The zero-order valence-corrected chi connectivity index (χ0v) is 16.1. The van der Waals surface area contributed by atoms with E-state index in [-0.39, 0.29) is 5.79 Å². The van der Waals surface area contributed by atoms with Crippen LogP contribution in [-0.4, -0.2) is 19.5 Å². The summed E-state index contributed by atoms with van der Waals surface area (Å²) in [5.41, 5.74) is 0. The van der Waals surface area contributed by atoms with Gasteiger partial charge in [-0.25, -0.2) is 0 Å². The number of unbranched alkanes of at least 4 members (excludes halogenated alkanes) is 6. The van der Waals surface area contributed by atoms with Gasteiger partial charge < -0.3 is 9.47 Å². The van der Waals surface area contributed by atoms with E-state index < -0.39 is 0 Å². The van der Waals surface area contributed by atoms with Gasteiger partial charge in [0.2, 0.25) is 0 Å². The van der Waals surface area contributed by atoms with Gasteiger partial charge in [-0.2, -0.15) is 0 Å². The Morgan fingerprint density at radius 1 is 0.773 bits per heavy atom. The van der Waals surface area contributed by atoms with Crippen molar-refractivity contribution in [1.29, 1.82) is 0 Å². The zero-order valence-electron chi connectivity index (χ0n) is 16.1. The van der Waals surface area contributed by atoms with Crippen molar-refractivity contribution in [3.63, 3.8) is 0 Å². The molecule has 2 nitrogen and oxygen atoms in total. The molecule has 0 aliphatic carbocycles. The minimum atomic E-state index is -0.343. The van der Waals surface area contributed by atoms with Gasteiger partial charge in [0.1, 0.15) is 0 Å². The summed E-state index contributed by atoms with van der Waals surface area (Å²) in [6.45, 7) is 9.80. The normalized spacial score (nSPS) is 15.7. The summed E-state index contributed by atoms with van der Waals surface area (Å²) >= 11 is 0. The van der Waals surface area contributed by atoms with Gasteiger partial charge in [-0.3, -0.25) is 0 Å². The predicted octanol–water partition coefficient (Wildman–Crippen LogP) is 6.72. The molecule has 22 heavy (non-hydrogen) atoms. The van der Waals surface area contributed by atoms with Gasteiger partial charge in [0.25, 0.3) is 0 Å². The first kappa shape index (κ1) is 21.9. The summed E-state index contributed by atoms with van der Waals surface area (Å²) in [5.74, 6) is 0.186. The maximum atomic E-state index is 6.26. The lowest BCUT2D eigenvalue weighted by Crippen LogP contribution is -2.43. The van der Waals surface area contributed by atoms with Crippen LogP contribution < -0.4 is 0 Å². The van der Waals surface area contributed by atoms with Crippen LogP contribution in [0.3, 0.4) is 0 Å².